The van der Waals surface area contributed by atoms with Crippen LogP contribution in [0, 0.1) is 21.7 Å². The van der Waals surface area contributed by atoms with Crippen LogP contribution >= 0.6 is 23.5 Å². The summed E-state index contributed by atoms with van der Waals surface area (Å²) in [5.41, 5.74) is 3.55. The summed E-state index contributed by atoms with van der Waals surface area (Å²) in [6.07, 6.45) is 6.88. The highest BCUT2D eigenvalue weighted by molar-refractivity contribution is 7.98. The second kappa shape index (κ2) is 12.8. The summed E-state index contributed by atoms with van der Waals surface area (Å²) in [6.45, 7) is 23.0. The van der Waals surface area contributed by atoms with Gasteiger partial charge in [-0.1, -0.05) is 52.0 Å². The zero-order chi connectivity index (χ0) is 33.3. The summed E-state index contributed by atoms with van der Waals surface area (Å²) in [6, 6.07) is 21.2. The maximum absolute atomic E-state index is 5.96. The first-order valence-electron chi connectivity index (χ1n) is 18.5. The summed E-state index contributed by atoms with van der Waals surface area (Å²) in [5, 5.41) is 0. The van der Waals surface area contributed by atoms with E-state index in [0.717, 1.165) is 65.7 Å². The van der Waals surface area contributed by atoms with Crippen molar-refractivity contribution in [1.29, 1.82) is 0 Å². The van der Waals surface area contributed by atoms with E-state index in [-0.39, 0.29) is 21.7 Å². The van der Waals surface area contributed by atoms with Gasteiger partial charge in [0.15, 0.2) is 0 Å². The molecule has 0 N–H and O–H groups in total. The molecule has 8 rings (SSSR count). The lowest BCUT2D eigenvalue weighted by atomic mass is 9.35. The van der Waals surface area contributed by atoms with Gasteiger partial charge in [-0.05, 0) is 71.6 Å². The van der Waals surface area contributed by atoms with E-state index >= 15 is 0 Å². The lowest BCUT2D eigenvalue weighted by Gasteiger charge is -2.69. The first kappa shape index (κ1) is 34.0. The Morgan fingerprint density at radius 2 is 0.917 bits per heavy atom. The van der Waals surface area contributed by atoms with Gasteiger partial charge in [0.25, 0.3) is 0 Å². The Kier molecular flexibility index (Phi) is 9.10. The van der Waals surface area contributed by atoms with Gasteiger partial charge in [-0.2, -0.15) is 0 Å². The molecule has 0 aromatic heterocycles. The Bertz CT molecular complexity index is 1330. The predicted molar refractivity (Wildman–Crippen MR) is 199 cm³/mol. The molecule has 2 aromatic rings. The molecule has 4 saturated heterocycles. The van der Waals surface area contributed by atoms with Crippen LogP contribution < -0.4 is 0 Å². The van der Waals surface area contributed by atoms with Crippen molar-refractivity contribution >= 4 is 23.5 Å². The van der Waals surface area contributed by atoms with E-state index in [1.54, 1.807) is 0 Å². The van der Waals surface area contributed by atoms with Crippen LogP contribution in [-0.4, -0.2) is 122 Å². The molecule has 0 radical (unpaired) electrons. The Morgan fingerprint density at radius 3 is 1.25 bits per heavy atom. The van der Waals surface area contributed by atoms with Crippen LogP contribution in [0.5, 0.6) is 0 Å². The first-order valence-corrected chi connectivity index (χ1v) is 21.0. The Morgan fingerprint density at radius 1 is 0.562 bits per heavy atom. The summed E-state index contributed by atoms with van der Waals surface area (Å²) in [7, 11) is 0. The van der Waals surface area contributed by atoms with Crippen molar-refractivity contribution < 1.29 is 9.47 Å². The smallest absolute Gasteiger partial charge is 0.0594 e. The van der Waals surface area contributed by atoms with Crippen LogP contribution in [0.3, 0.4) is 0 Å². The molecule has 48 heavy (non-hydrogen) atoms. The van der Waals surface area contributed by atoms with E-state index in [2.05, 4.69) is 108 Å². The molecule has 6 fully saturated rings. The second-order valence-corrected chi connectivity index (χ2v) is 18.5. The third kappa shape index (κ3) is 4.97. The van der Waals surface area contributed by atoms with Gasteiger partial charge in [0.05, 0.1) is 26.4 Å². The number of fused-ring (bicyclic) bond motifs is 2. The first-order chi connectivity index (χ1) is 23.2. The molecule has 4 heterocycles. The maximum Gasteiger partial charge on any atom is 0.0594 e. The van der Waals surface area contributed by atoms with Crippen molar-refractivity contribution in [2.45, 2.75) is 87.6 Å². The third-order valence-corrected chi connectivity index (χ3v) is 16.1. The van der Waals surface area contributed by atoms with Gasteiger partial charge >= 0.3 is 0 Å². The van der Waals surface area contributed by atoms with Crippen molar-refractivity contribution in [1.82, 2.24) is 19.6 Å². The number of rotatable bonds is 10. The molecule has 2 saturated carbocycles. The molecular weight excluding hydrogens is 633 g/mol. The van der Waals surface area contributed by atoms with Gasteiger partial charge < -0.3 is 9.47 Å². The molecule has 4 bridgehead atoms. The van der Waals surface area contributed by atoms with Gasteiger partial charge in [-0.15, -0.1) is 23.5 Å². The molecule has 262 valence electrons. The van der Waals surface area contributed by atoms with Crippen LogP contribution in [-0.2, 0) is 22.6 Å². The molecule has 2 aliphatic carbocycles. The van der Waals surface area contributed by atoms with Crippen molar-refractivity contribution in [3.8, 4) is 0 Å². The molecule has 6 nitrogen and oxygen atoms in total. The minimum absolute atomic E-state index is 0.139. The van der Waals surface area contributed by atoms with Crippen LogP contribution in [0.15, 0.2) is 58.3 Å². The standard InChI is InChI=1S/C40H58N4O2S2/c1-37(2)33-23-36-40(28-42-17-21-46-22-18-42)38(3,4)34(44(36)26-30-9-13-32(48-6)14-10-30)24-35(39(37,40)27-41-15-19-45-20-16-41)43(33)25-29-7-11-31(47-5)12-8-29/h7-14,33-36H,15-28H2,1-6H3. The average molecular weight is 691 g/mol. The van der Waals surface area contributed by atoms with Crippen molar-refractivity contribution in [2.24, 2.45) is 21.7 Å². The molecular formula is C40H58N4O2S2. The number of morpholine rings is 2. The predicted octanol–water partition coefficient (Wildman–Crippen LogP) is 6.43. The second-order valence-electron chi connectivity index (χ2n) is 16.7. The number of hydrogen-bond donors (Lipinski definition) is 0. The van der Waals surface area contributed by atoms with E-state index in [9.17, 15) is 0 Å². The van der Waals surface area contributed by atoms with Crippen molar-refractivity contribution in [2.75, 3.05) is 78.2 Å². The summed E-state index contributed by atoms with van der Waals surface area (Å²) in [5.74, 6) is 0. The zero-order valence-electron chi connectivity index (χ0n) is 30.2. The highest BCUT2D eigenvalue weighted by Crippen LogP contribution is 2.80. The molecule has 0 spiro atoms. The summed E-state index contributed by atoms with van der Waals surface area (Å²) in [4.78, 5) is 14.5. The fraction of sp³-hybridized carbons (Fsp3) is 0.700. The maximum atomic E-state index is 5.96. The number of nitrogens with zero attached hydrogens (tertiary/aromatic N) is 4. The lowest BCUT2D eigenvalue weighted by molar-refractivity contribution is -0.201. The van der Waals surface area contributed by atoms with Gasteiger partial charge in [0.1, 0.15) is 0 Å². The molecule has 6 aliphatic rings. The average Bonchev–Trinajstić information content (AvgIpc) is 3.29. The quantitative estimate of drug-likeness (QED) is 0.264. The van der Waals surface area contributed by atoms with Crippen LogP contribution in [0.4, 0.5) is 0 Å². The van der Waals surface area contributed by atoms with E-state index in [1.165, 1.54) is 46.8 Å². The fourth-order valence-electron chi connectivity index (χ4n) is 12.4. The van der Waals surface area contributed by atoms with Crippen LogP contribution in [0.25, 0.3) is 0 Å². The Labute approximate surface area is 298 Å². The van der Waals surface area contributed by atoms with E-state index < -0.39 is 0 Å². The van der Waals surface area contributed by atoms with Crippen LogP contribution in [0.2, 0.25) is 0 Å². The lowest BCUT2D eigenvalue weighted by Crippen LogP contribution is -2.75. The Balaban J connectivity index is 1.28. The van der Waals surface area contributed by atoms with E-state index in [0.29, 0.717) is 24.2 Å². The van der Waals surface area contributed by atoms with Gasteiger partial charge in [-0.3, -0.25) is 19.6 Å². The van der Waals surface area contributed by atoms with Crippen molar-refractivity contribution in [3.63, 3.8) is 0 Å². The Hall–Kier alpha value is -1.10. The molecule has 4 aliphatic heterocycles. The van der Waals surface area contributed by atoms with E-state index in [4.69, 9.17) is 9.47 Å². The third-order valence-electron chi connectivity index (χ3n) is 14.6. The van der Waals surface area contributed by atoms with Gasteiger partial charge in [0.2, 0.25) is 0 Å². The van der Waals surface area contributed by atoms with Gasteiger partial charge in [-0.25, -0.2) is 0 Å². The molecule has 0 amide bonds. The summed E-state index contributed by atoms with van der Waals surface area (Å²) < 4.78 is 11.9. The molecule has 6 unspecified atom stereocenters. The zero-order valence-corrected chi connectivity index (χ0v) is 31.9. The minimum Gasteiger partial charge on any atom is -0.379 e. The topological polar surface area (TPSA) is 31.4 Å². The molecule has 2 aromatic carbocycles. The summed E-state index contributed by atoms with van der Waals surface area (Å²) >= 11 is 3.69. The number of thioether (sulfide) groups is 2. The fourth-order valence-corrected chi connectivity index (χ4v) is 13.2. The number of ether oxygens (including phenoxy) is 2. The highest BCUT2D eigenvalue weighted by Gasteiger charge is 2.85. The van der Waals surface area contributed by atoms with E-state index in [1.807, 2.05) is 23.5 Å². The molecule has 8 heteroatoms. The number of likely N-dealkylation sites (tertiary alicyclic amines) is 2. The number of hydrogen-bond acceptors (Lipinski definition) is 8. The highest BCUT2D eigenvalue weighted by atomic mass is 32.2. The van der Waals surface area contributed by atoms with Crippen LogP contribution in [0.1, 0.15) is 51.7 Å². The van der Waals surface area contributed by atoms with Gasteiger partial charge in [0, 0.05) is 97.1 Å². The normalized spacial score (nSPS) is 36.2. The van der Waals surface area contributed by atoms with Crippen molar-refractivity contribution in [3.05, 3.63) is 59.7 Å². The number of benzene rings is 2. The minimum atomic E-state index is 0.139. The monoisotopic (exact) mass is 690 g/mol. The SMILES string of the molecule is CSc1ccc(CN2C3CC4N(Cc5ccc(SC)cc5)C5CC2C(CN2CCOCC2)(C3(C)C)C4(CN2CCOCC2)C5(C)C)cc1. The largest absolute Gasteiger partial charge is 0.379 e. The molecule has 6 atom stereocenters.